The smallest absolute Gasteiger partial charge is 0.123 e. The van der Waals surface area contributed by atoms with Gasteiger partial charge in [-0.2, -0.15) is 0 Å². The van der Waals surface area contributed by atoms with Crippen LogP contribution in [0.2, 0.25) is 5.02 Å². The number of hydrogen-bond donors (Lipinski definition) is 1. The average Bonchev–Trinajstić information content (AvgIpc) is 2.78. The molecule has 1 aromatic carbocycles. The van der Waals surface area contributed by atoms with Gasteiger partial charge < -0.3 is 5.32 Å². The first kappa shape index (κ1) is 12.8. The Morgan fingerprint density at radius 1 is 1.41 bits per heavy atom. The van der Waals surface area contributed by atoms with Gasteiger partial charge in [0, 0.05) is 11.1 Å². The number of nitrogens with one attached hydrogen (secondary N) is 1. The van der Waals surface area contributed by atoms with Crippen LogP contribution >= 0.6 is 11.6 Å². The first-order chi connectivity index (χ1) is 8.20. The van der Waals surface area contributed by atoms with Crippen LogP contribution in [0.25, 0.3) is 0 Å². The van der Waals surface area contributed by atoms with Gasteiger partial charge in [-0.25, -0.2) is 4.39 Å². The van der Waals surface area contributed by atoms with Crippen molar-refractivity contribution >= 4 is 11.6 Å². The fourth-order valence-electron chi connectivity index (χ4n) is 2.63. The molecule has 0 bridgehead atoms. The predicted molar refractivity (Wildman–Crippen MR) is 70.1 cm³/mol. The lowest BCUT2D eigenvalue weighted by molar-refractivity contribution is 0.516. The van der Waals surface area contributed by atoms with Gasteiger partial charge in [0.25, 0.3) is 0 Å². The molecule has 0 spiro atoms. The van der Waals surface area contributed by atoms with Gasteiger partial charge in [0.05, 0.1) is 0 Å². The van der Waals surface area contributed by atoms with Crippen molar-refractivity contribution < 1.29 is 4.39 Å². The Hall–Kier alpha value is -0.600. The van der Waals surface area contributed by atoms with Crippen LogP contribution in [-0.2, 0) is 0 Å². The van der Waals surface area contributed by atoms with E-state index in [1.165, 1.54) is 6.07 Å². The Labute approximate surface area is 107 Å². The Balaban J connectivity index is 2.02. The largest absolute Gasteiger partial charge is 0.314 e. The summed E-state index contributed by atoms with van der Waals surface area (Å²) in [6.45, 7) is 3.23. The molecule has 1 saturated carbocycles. The minimum Gasteiger partial charge on any atom is -0.314 e. The maximum atomic E-state index is 13.2. The molecule has 1 aliphatic rings. The molecule has 1 fully saturated rings. The first-order valence-electron chi connectivity index (χ1n) is 6.39. The van der Waals surface area contributed by atoms with E-state index in [0.717, 1.165) is 37.8 Å². The van der Waals surface area contributed by atoms with Crippen LogP contribution in [0.1, 0.15) is 44.1 Å². The highest BCUT2D eigenvalue weighted by Gasteiger charge is 2.26. The molecule has 94 valence electrons. The summed E-state index contributed by atoms with van der Waals surface area (Å²) in [5.41, 5.74) is 0.979. The molecule has 3 heteroatoms. The van der Waals surface area contributed by atoms with Gasteiger partial charge in [0.1, 0.15) is 5.82 Å². The van der Waals surface area contributed by atoms with E-state index in [-0.39, 0.29) is 5.82 Å². The van der Waals surface area contributed by atoms with Crippen molar-refractivity contribution in [3.63, 3.8) is 0 Å². The number of hydrogen-bond acceptors (Lipinski definition) is 1. The molecule has 17 heavy (non-hydrogen) atoms. The Kier molecular flexibility index (Phi) is 4.41. The summed E-state index contributed by atoms with van der Waals surface area (Å²) >= 11 is 6.14. The van der Waals surface area contributed by atoms with Crippen LogP contribution in [0.5, 0.6) is 0 Å². The molecule has 1 aromatic rings. The highest BCUT2D eigenvalue weighted by atomic mass is 35.5. The van der Waals surface area contributed by atoms with Gasteiger partial charge in [0.2, 0.25) is 0 Å². The molecule has 0 saturated heterocycles. The van der Waals surface area contributed by atoms with Crippen molar-refractivity contribution in [3.8, 4) is 0 Å². The average molecular weight is 256 g/mol. The van der Waals surface area contributed by atoms with Gasteiger partial charge in [-0.15, -0.1) is 0 Å². The SMILES string of the molecule is CCCNC1CCC(c2cc(F)ccc2Cl)C1. The van der Waals surface area contributed by atoms with E-state index in [1.54, 1.807) is 12.1 Å². The Morgan fingerprint density at radius 2 is 2.24 bits per heavy atom. The van der Waals surface area contributed by atoms with Crippen molar-refractivity contribution in [2.45, 2.75) is 44.6 Å². The summed E-state index contributed by atoms with van der Waals surface area (Å²) in [5, 5.41) is 4.23. The summed E-state index contributed by atoms with van der Waals surface area (Å²) in [6.07, 6.45) is 4.49. The molecule has 0 aromatic heterocycles. The van der Waals surface area contributed by atoms with Crippen molar-refractivity contribution in [1.29, 1.82) is 0 Å². The van der Waals surface area contributed by atoms with E-state index in [2.05, 4.69) is 12.2 Å². The van der Waals surface area contributed by atoms with Gasteiger partial charge in [-0.05, 0) is 61.9 Å². The van der Waals surface area contributed by atoms with E-state index in [0.29, 0.717) is 17.0 Å². The zero-order valence-corrected chi connectivity index (χ0v) is 10.9. The lowest BCUT2D eigenvalue weighted by Gasteiger charge is -2.14. The van der Waals surface area contributed by atoms with E-state index in [9.17, 15) is 4.39 Å². The quantitative estimate of drug-likeness (QED) is 0.854. The van der Waals surface area contributed by atoms with Gasteiger partial charge in [-0.1, -0.05) is 18.5 Å². The second-order valence-corrected chi connectivity index (χ2v) is 5.23. The number of benzene rings is 1. The maximum absolute atomic E-state index is 13.2. The fraction of sp³-hybridized carbons (Fsp3) is 0.571. The summed E-state index contributed by atoms with van der Waals surface area (Å²) in [7, 11) is 0. The lowest BCUT2D eigenvalue weighted by atomic mass is 9.97. The van der Waals surface area contributed by atoms with Crippen LogP contribution in [0.15, 0.2) is 18.2 Å². The Bertz CT molecular complexity index is 380. The second-order valence-electron chi connectivity index (χ2n) is 4.83. The maximum Gasteiger partial charge on any atom is 0.123 e. The van der Waals surface area contributed by atoms with Crippen molar-refractivity contribution in [3.05, 3.63) is 34.6 Å². The summed E-state index contributed by atoms with van der Waals surface area (Å²) in [4.78, 5) is 0. The molecule has 1 nitrogen and oxygen atoms in total. The van der Waals surface area contributed by atoms with Crippen molar-refractivity contribution in [2.24, 2.45) is 0 Å². The molecule has 0 amide bonds. The summed E-state index contributed by atoms with van der Waals surface area (Å²) < 4.78 is 13.2. The normalized spacial score (nSPS) is 24.2. The topological polar surface area (TPSA) is 12.0 Å². The number of rotatable bonds is 4. The van der Waals surface area contributed by atoms with E-state index < -0.39 is 0 Å². The van der Waals surface area contributed by atoms with Crippen molar-refractivity contribution in [2.75, 3.05) is 6.54 Å². The highest BCUT2D eigenvalue weighted by Crippen LogP contribution is 2.38. The van der Waals surface area contributed by atoms with Crippen LogP contribution in [0.4, 0.5) is 4.39 Å². The molecule has 0 aliphatic heterocycles. The standard InChI is InChI=1S/C14H19ClFN/c1-2-7-17-12-5-3-10(8-12)13-9-11(16)4-6-14(13)15/h4,6,9-10,12,17H,2-3,5,7-8H2,1H3. The second kappa shape index (κ2) is 5.83. The first-order valence-corrected chi connectivity index (χ1v) is 6.76. The minimum atomic E-state index is -0.186. The fourth-order valence-corrected chi connectivity index (χ4v) is 2.90. The van der Waals surface area contributed by atoms with Crippen LogP contribution < -0.4 is 5.32 Å². The molecule has 2 atom stereocenters. The molecule has 1 N–H and O–H groups in total. The monoisotopic (exact) mass is 255 g/mol. The third-order valence-electron chi connectivity index (χ3n) is 3.51. The number of halogens is 2. The highest BCUT2D eigenvalue weighted by molar-refractivity contribution is 6.31. The Morgan fingerprint density at radius 3 is 3.00 bits per heavy atom. The molecule has 2 unspecified atom stereocenters. The zero-order chi connectivity index (χ0) is 12.3. The van der Waals surface area contributed by atoms with E-state index >= 15 is 0 Å². The summed E-state index contributed by atoms with van der Waals surface area (Å²) in [6, 6.07) is 5.25. The molecular weight excluding hydrogens is 237 g/mol. The predicted octanol–water partition coefficient (Wildman–Crippen LogP) is 4.11. The van der Waals surface area contributed by atoms with E-state index in [1.807, 2.05) is 0 Å². The third-order valence-corrected chi connectivity index (χ3v) is 3.86. The molecule has 2 rings (SSSR count). The zero-order valence-electron chi connectivity index (χ0n) is 10.2. The third kappa shape index (κ3) is 3.20. The lowest BCUT2D eigenvalue weighted by Crippen LogP contribution is -2.26. The molecule has 1 aliphatic carbocycles. The summed E-state index contributed by atoms with van der Waals surface area (Å²) in [5.74, 6) is 0.224. The van der Waals surface area contributed by atoms with Crippen LogP contribution in [0, 0.1) is 5.82 Å². The van der Waals surface area contributed by atoms with Gasteiger partial charge in [-0.3, -0.25) is 0 Å². The molecular formula is C14H19ClFN. The van der Waals surface area contributed by atoms with Crippen molar-refractivity contribution in [1.82, 2.24) is 5.32 Å². The molecule has 0 heterocycles. The van der Waals surface area contributed by atoms with Crippen LogP contribution in [0.3, 0.4) is 0 Å². The van der Waals surface area contributed by atoms with Gasteiger partial charge >= 0.3 is 0 Å². The molecule has 0 radical (unpaired) electrons. The van der Waals surface area contributed by atoms with Gasteiger partial charge in [0.15, 0.2) is 0 Å². The van der Waals surface area contributed by atoms with Crippen LogP contribution in [-0.4, -0.2) is 12.6 Å². The van der Waals surface area contributed by atoms with E-state index in [4.69, 9.17) is 11.6 Å². The minimum absolute atomic E-state index is 0.186.